The van der Waals surface area contributed by atoms with Crippen molar-refractivity contribution in [3.63, 3.8) is 0 Å². The molecule has 38 heavy (non-hydrogen) atoms. The lowest BCUT2D eigenvalue weighted by atomic mass is 9.93. The minimum Gasteiger partial charge on any atom is -0.386 e. The van der Waals surface area contributed by atoms with E-state index in [2.05, 4.69) is 10.6 Å². The number of alkyl halides is 5. The van der Waals surface area contributed by atoms with E-state index in [-0.39, 0.29) is 17.9 Å². The zero-order valence-corrected chi connectivity index (χ0v) is 21.7. The summed E-state index contributed by atoms with van der Waals surface area (Å²) in [5, 5.41) is 24.2. The summed E-state index contributed by atoms with van der Waals surface area (Å²) in [5.74, 6) is -6.18. The molecule has 2 atom stereocenters. The van der Waals surface area contributed by atoms with Crippen LogP contribution in [0.4, 0.5) is 22.0 Å². The van der Waals surface area contributed by atoms with Crippen LogP contribution in [0.2, 0.25) is 0 Å². The summed E-state index contributed by atoms with van der Waals surface area (Å²) in [4.78, 5) is 12.9. The minimum atomic E-state index is -5.88. The predicted octanol–water partition coefficient (Wildman–Crippen LogP) is 6.00. The summed E-state index contributed by atoms with van der Waals surface area (Å²) in [5.41, 5.74) is -0.585. The first kappa shape index (κ1) is 29.5. The molecule has 1 aliphatic rings. The molecule has 1 aliphatic carbocycles. The molecule has 0 unspecified atom stereocenters. The second-order valence-corrected chi connectivity index (χ2v) is 10.8. The van der Waals surface area contributed by atoms with E-state index < -0.39 is 41.2 Å². The Balaban J connectivity index is 1.94. The van der Waals surface area contributed by atoms with Crippen LogP contribution >= 0.6 is 0 Å². The van der Waals surface area contributed by atoms with Crippen LogP contribution < -0.4 is 10.6 Å². The molecule has 0 radical (unpaired) electrons. The summed E-state index contributed by atoms with van der Waals surface area (Å²) >= 11 is 0. The Kier molecular flexibility index (Phi) is 8.25. The molecule has 206 valence electrons. The molecule has 1 amide bonds. The summed E-state index contributed by atoms with van der Waals surface area (Å²) in [6.07, 6.45) is -5.10. The van der Waals surface area contributed by atoms with Crippen molar-refractivity contribution in [1.29, 1.82) is 5.26 Å². The third-order valence-corrected chi connectivity index (χ3v) is 6.63. The Labute approximate surface area is 219 Å². The van der Waals surface area contributed by atoms with E-state index in [9.17, 15) is 37.1 Å². The molecule has 3 rings (SSSR count). The van der Waals surface area contributed by atoms with Gasteiger partial charge < -0.3 is 10.4 Å². The SMILES string of the molecule is CC(C)C[C@H](N[C@@H](c1ccc(-c2ccc(C(C)(C)O)cc2)cc1)C(F)(F)C(F)(F)F)C(=O)NC1(C#N)CC1. The van der Waals surface area contributed by atoms with E-state index in [0.717, 1.165) is 0 Å². The molecular weight excluding hydrogens is 505 g/mol. The first-order valence-corrected chi connectivity index (χ1v) is 12.4. The second-order valence-electron chi connectivity index (χ2n) is 10.8. The van der Waals surface area contributed by atoms with Crippen molar-refractivity contribution >= 4 is 5.91 Å². The molecule has 1 saturated carbocycles. The number of hydrogen-bond acceptors (Lipinski definition) is 4. The summed E-state index contributed by atoms with van der Waals surface area (Å²) in [6.45, 7) is 6.69. The number of carbonyl (C=O) groups excluding carboxylic acids is 1. The monoisotopic (exact) mass is 537 g/mol. The molecule has 0 saturated heterocycles. The van der Waals surface area contributed by atoms with Crippen molar-refractivity contribution in [3.05, 3.63) is 59.7 Å². The largest absolute Gasteiger partial charge is 0.455 e. The lowest BCUT2D eigenvalue weighted by molar-refractivity contribution is -0.295. The van der Waals surface area contributed by atoms with Crippen LogP contribution in [0.25, 0.3) is 11.1 Å². The average Bonchev–Trinajstić information content (AvgIpc) is 3.60. The van der Waals surface area contributed by atoms with Crippen molar-refractivity contribution < 1.29 is 31.9 Å². The van der Waals surface area contributed by atoms with Crippen LogP contribution in [0, 0.1) is 17.2 Å². The van der Waals surface area contributed by atoms with Crippen LogP contribution in [0.3, 0.4) is 0 Å². The van der Waals surface area contributed by atoms with Gasteiger partial charge in [-0.2, -0.15) is 27.2 Å². The van der Waals surface area contributed by atoms with Crippen molar-refractivity contribution in [3.8, 4) is 17.2 Å². The van der Waals surface area contributed by atoms with E-state index in [1.807, 2.05) is 6.07 Å². The van der Waals surface area contributed by atoms with E-state index in [1.54, 1.807) is 52.0 Å². The highest BCUT2D eigenvalue weighted by atomic mass is 19.4. The molecule has 2 aromatic carbocycles. The smallest absolute Gasteiger partial charge is 0.386 e. The lowest BCUT2D eigenvalue weighted by Crippen LogP contribution is -2.55. The summed E-state index contributed by atoms with van der Waals surface area (Å²) in [7, 11) is 0. The third kappa shape index (κ3) is 6.69. The fourth-order valence-electron chi connectivity index (χ4n) is 4.15. The predicted molar refractivity (Wildman–Crippen MR) is 133 cm³/mol. The fourth-order valence-corrected chi connectivity index (χ4v) is 4.15. The molecule has 5 nitrogen and oxygen atoms in total. The van der Waals surface area contributed by atoms with E-state index in [1.165, 1.54) is 24.3 Å². The highest BCUT2D eigenvalue weighted by Gasteiger charge is 2.63. The van der Waals surface area contributed by atoms with Gasteiger partial charge in [-0.15, -0.1) is 0 Å². The summed E-state index contributed by atoms with van der Waals surface area (Å²) in [6, 6.07) is 10.1. The van der Waals surface area contributed by atoms with Gasteiger partial charge in [0.05, 0.1) is 17.7 Å². The van der Waals surface area contributed by atoms with Gasteiger partial charge in [0, 0.05) is 0 Å². The number of hydrogen-bond donors (Lipinski definition) is 3. The molecule has 0 heterocycles. The Morgan fingerprint density at radius 3 is 1.89 bits per heavy atom. The van der Waals surface area contributed by atoms with E-state index >= 15 is 0 Å². The van der Waals surface area contributed by atoms with Gasteiger partial charge in [0.1, 0.15) is 11.6 Å². The highest BCUT2D eigenvalue weighted by Crippen LogP contribution is 2.45. The number of nitrogens with one attached hydrogen (secondary N) is 2. The summed E-state index contributed by atoms with van der Waals surface area (Å²) < 4.78 is 70.3. The molecule has 10 heteroatoms. The maximum Gasteiger partial charge on any atom is 0.455 e. The number of aliphatic hydroxyl groups is 1. The number of amides is 1. The molecule has 0 aromatic heterocycles. The topological polar surface area (TPSA) is 85.2 Å². The second kappa shape index (κ2) is 10.6. The highest BCUT2D eigenvalue weighted by molar-refractivity contribution is 5.83. The molecule has 1 fully saturated rings. The number of carbonyl (C=O) groups is 1. The molecule has 3 N–H and O–H groups in total. The van der Waals surface area contributed by atoms with Crippen molar-refractivity contribution in [1.82, 2.24) is 10.6 Å². The fraction of sp³-hybridized carbons (Fsp3) is 0.500. The molecular formula is C28H32F5N3O2. The Hall–Kier alpha value is -3.03. The van der Waals surface area contributed by atoms with Crippen molar-refractivity contribution in [2.45, 2.75) is 82.3 Å². The van der Waals surface area contributed by atoms with Gasteiger partial charge in [0.2, 0.25) is 5.91 Å². The van der Waals surface area contributed by atoms with Gasteiger partial charge >= 0.3 is 12.1 Å². The van der Waals surface area contributed by atoms with Gasteiger partial charge in [-0.05, 0) is 61.3 Å². The van der Waals surface area contributed by atoms with Crippen LogP contribution in [-0.2, 0) is 10.4 Å². The maximum absolute atomic E-state index is 14.8. The normalized spacial score (nSPS) is 17.0. The van der Waals surface area contributed by atoms with Gasteiger partial charge in [0.15, 0.2) is 0 Å². The van der Waals surface area contributed by atoms with Crippen LogP contribution in [0.15, 0.2) is 48.5 Å². The Morgan fingerprint density at radius 2 is 1.50 bits per heavy atom. The van der Waals surface area contributed by atoms with Crippen LogP contribution in [0.5, 0.6) is 0 Å². The van der Waals surface area contributed by atoms with Gasteiger partial charge in [0.25, 0.3) is 0 Å². The first-order valence-electron chi connectivity index (χ1n) is 12.4. The van der Waals surface area contributed by atoms with Crippen LogP contribution in [-0.4, -0.2) is 34.7 Å². The molecule has 2 aromatic rings. The number of rotatable bonds is 10. The number of halogens is 5. The van der Waals surface area contributed by atoms with E-state index in [4.69, 9.17) is 0 Å². The van der Waals surface area contributed by atoms with Gasteiger partial charge in [-0.1, -0.05) is 62.4 Å². The van der Waals surface area contributed by atoms with E-state index in [0.29, 0.717) is 29.5 Å². The van der Waals surface area contributed by atoms with Crippen LogP contribution in [0.1, 0.15) is 64.1 Å². The Bertz CT molecular complexity index is 1160. The van der Waals surface area contributed by atoms with Gasteiger partial charge in [-0.25, -0.2) is 0 Å². The molecule has 0 bridgehead atoms. The number of nitrogens with zero attached hydrogens (tertiary/aromatic N) is 1. The van der Waals surface area contributed by atoms with Crippen molar-refractivity contribution in [2.75, 3.05) is 0 Å². The maximum atomic E-state index is 14.8. The van der Waals surface area contributed by atoms with Crippen molar-refractivity contribution in [2.24, 2.45) is 5.92 Å². The zero-order valence-electron chi connectivity index (χ0n) is 21.7. The quantitative estimate of drug-likeness (QED) is 0.325. The zero-order chi connectivity index (χ0) is 28.5. The molecule has 0 aliphatic heterocycles. The Morgan fingerprint density at radius 1 is 1.00 bits per heavy atom. The minimum absolute atomic E-state index is 0.0105. The first-order chi connectivity index (χ1) is 17.5. The third-order valence-electron chi connectivity index (χ3n) is 6.63. The van der Waals surface area contributed by atoms with Gasteiger partial charge in [-0.3, -0.25) is 10.1 Å². The standard InChI is InChI=1S/C28H32F5N3O2/c1-17(2)15-22(24(37)36-26(16-34)13-14-26)35-23(27(29,30)28(31,32)33)20-7-5-18(6-8-20)19-9-11-21(12-10-19)25(3,4)38/h5-12,17,22-23,35,38H,13-15H2,1-4H3,(H,36,37)/t22-,23-/m0/s1. The number of nitriles is 1. The lowest BCUT2D eigenvalue weighted by Gasteiger charge is -2.33. The number of benzene rings is 2. The molecule has 0 spiro atoms. The average molecular weight is 538 g/mol.